The molecule has 0 fully saturated rings. The summed E-state index contributed by atoms with van der Waals surface area (Å²) < 4.78 is 5.17. The third kappa shape index (κ3) is 3.59. The number of ether oxygens (including phenoxy) is 1. The average Bonchev–Trinajstić information content (AvgIpc) is 2.35. The predicted octanol–water partition coefficient (Wildman–Crippen LogP) is 2.30. The van der Waals surface area contributed by atoms with Crippen molar-refractivity contribution in [1.82, 2.24) is 5.32 Å². The van der Waals surface area contributed by atoms with E-state index in [1.54, 1.807) is 13.8 Å². The molecule has 0 aliphatic carbocycles. The van der Waals surface area contributed by atoms with Gasteiger partial charge in [-0.25, -0.2) is 4.79 Å². The first-order valence-corrected chi connectivity index (χ1v) is 6.38. The molecule has 0 bridgehead atoms. The van der Waals surface area contributed by atoms with Crippen LogP contribution in [0.5, 0.6) is 0 Å². The molecule has 19 heavy (non-hydrogen) atoms. The van der Waals surface area contributed by atoms with Crippen molar-refractivity contribution in [2.24, 2.45) is 0 Å². The van der Waals surface area contributed by atoms with Crippen molar-refractivity contribution in [2.45, 2.75) is 33.2 Å². The molecule has 0 heterocycles. The molecule has 0 spiro atoms. The van der Waals surface area contributed by atoms with E-state index in [4.69, 9.17) is 11.2 Å². The zero-order chi connectivity index (χ0) is 14.5. The van der Waals surface area contributed by atoms with Crippen molar-refractivity contribution < 1.29 is 9.53 Å². The van der Waals surface area contributed by atoms with Crippen molar-refractivity contribution in [3.63, 3.8) is 0 Å². The second kappa shape index (κ2) is 6.40. The van der Waals surface area contributed by atoms with Crippen molar-refractivity contribution in [3.05, 3.63) is 34.9 Å². The number of carbonyl (C=O) groups is 1. The smallest absolute Gasteiger partial charge is 0.330 e. The van der Waals surface area contributed by atoms with Crippen molar-refractivity contribution in [2.75, 3.05) is 13.2 Å². The number of aryl methyl sites for hydroxylation is 2. The number of hydrogen-bond acceptors (Lipinski definition) is 3. The SMILES string of the molecule is C#CCNC(C)(C(=O)OCC)c1cc(C)cc(C)c1. The minimum absolute atomic E-state index is 0.308. The van der Waals surface area contributed by atoms with Crippen LogP contribution in [0.4, 0.5) is 0 Å². The first-order chi connectivity index (χ1) is 8.93. The molecule has 0 saturated heterocycles. The van der Waals surface area contributed by atoms with E-state index in [2.05, 4.69) is 17.3 Å². The summed E-state index contributed by atoms with van der Waals surface area (Å²) in [6.07, 6.45) is 5.28. The zero-order valence-corrected chi connectivity index (χ0v) is 12.0. The van der Waals surface area contributed by atoms with Gasteiger partial charge in [0.25, 0.3) is 0 Å². The van der Waals surface area contributed by atoms with Gasteiger partial charge < -0.3 is 4.74 Å². The van der Waals surface area contributed by atoms with Crippen LogP contribution in [-0.2, 0) is 15.1 Å². The lowest BCUT2D eigenvalue weighted by atomic mass is 9.89. The number of nitrogens with one attached hydrogen (secondary N) is 1. The van der Waals surface area contributed by atoms with E-state index in [-0.39, 0.29) is 5.97 Å². The largest absolute Gasteiger partial charge is 0.464 e. The average molecular weight is 259 g/mol. The Morgan fingerprint density at radius 1 is 1.37 bits per heavy atom. The third-order valence-electron chi connectivity index (χ3n) is 3.03. The highest BCUT2D eigenvalue weighted by molar-refractivity contribution is 5.82. The van der Waals surface area contributed by atoms with Gasteiger partial charge >= 0.3 is 5.97 Å². The Bertz CT molecular complexity index is 482. The summed E-state index contributed by atoms with van der Waals surface area (Å²) >= 11 is 0. The molecular formula is C16H21NO2. The monoisotopic (exact) mass is 259 g/mol. The highest BCUT2D eigenvalue weighted by Crippen LogP contribution is 2.24. The summed E-state index contributed by atoms with van der Waals surface area (Å²) in [6.45, 7) is 8.25. The molecule has 0 saturated carbocycles. The lowest BCUT2D eigenvalue weighted by Gasteiger charge is -2.29. The van der Waals surface area contributed by atoms with Gasteiger partial charge in [-0.2, -0.15) is 0 Å². The Hall–Kier alpha value is -1.79. The lowest BCUT2D eigenvalue weighted by molar-refractivity contribution is -0.150. The fourth-order valence-corrected chi connectivity index (χ4v) is 2.06. The van der Waals surface area contributed by atoms with E-state index in [1.165, 1.54) is 0 Å². The molecule has 0 aliphatic rings. The number of terminal acetylenes is 1. The Morgan fingerprint density at radius 3 is 2.42 bits per heavy atom. The number of carbonyl (C=O) groups excluding carboxylic acids is 1. The minimum atomic E-state index is -0.918. The van der Waals surface area contributed by atoms with Crippen molar-refractivity contribution in [3.8, 4) is 12.3 Å². The van der Waals surface area contributed by atoms with Gasteiger partial charge in [-0.3, -0.25) is 5.32 Å². The van der Waals surface area contributed by atoms with Crippen LogP contribution in [0.3, 0.4) is 0 Å². The van der Waals surface area contributed by atoms with Gasteiger partial charge in [0.1, 0.15) is 5.54 Å². The lowest BCUT2D eigenvalue weighted by Crippen LogP contribution is -2.48. The summed E-state index contributed by atoms with van der Waals surface area (Å²) in [5, 5.41) is 3.09. The summed E-state index contributed by atoms with van der Waals surface area (Å²) in [5.74, 6) is 2.19. The van der Waals surface area contributed by atoms with Crippen LogP contribution in [0.25, 0.3) is 0 Å². The maximum atomic E-state index is 12.2. The molecule has 1 N–H and O–H groups in total. The second-order valence-electron chi connectivity index (χ2n) is 4.78. The van der Waals surface area contributed by atoms with Crippen LogP contribution < -0.4 is 5.32 Å². The Morgan fingerprint density at radius 2 is 1.95 bits per heavy atom. The predicted molar refractivity (Wildman–Crippen MR) is 76.7 cm³/mol. The number of hydrogen-bond donors (Lipinski definition) is 1. The highest BCUT2D eigenvalue weighted by atomic mass is 16.5. The standard InChI is InChI=1S/C16H21NO2/c1-6-8-17-16(5,15(18)19-7-2)14-10-12(3)9-13(4)11-14/h1,9-11,17H,7-8H2,2-5H3. The topological polar surface area (TPSA) is 38.3 Å². The zero-order valence-electron chi connectivity index (χ0n) is 12.0. The number of rotatable bonds is 5. The molecule has 1 atom stereocenters. The Balaban J connectivity index is 3.22. The molecule has 1 aromatic rings. The molecule has 102 valence electrons. The van der Waals surface area contributed by atoms with Gasteiger partial charge in [0, 0.05) is 0 Å². The van der Waals surface area contributed by atoms with Crippen LogP contribution >= 0.6 is 0 Å². The van der Waals surface area contributed by atoms with Crippen LogP contribution in [0, 0.1) is 26.2 Å². The molecular weight excluding hydrogens is 238 g/mol. The highest BCUT2D eigenvalue weighted by Gasteiger charge is 2.36. The van der Waals surface area contributed by atoms with Gasteiger partial charge in [-0.1, -0.05) is 35.2 Å². The molecule has 1 aromatic carbocycles. The van der Waals surface area contributed by atoms with Gasteiger partial charge in [-0.05, 0) is 33.3 Å². The second-order valence-corrected chi connectivity index (χ2v) is 4.78. The minimum Gasteiger partial charge on any atom is -0.464 e. The van der Waals surface area contributed by atoms with Crippen LogP contribution in [0.15, 0.2) is 18.2 Å². The third-order valence-corrected chi connectivity index (χ3v) is 3.03. The fraction of sp³-hybridized carbons (Fsp3) is 0.438. The summed E-state index contributed by atoms with van der Waals surface area (Å²) in [7, 11) is 0. The molecule has 0 aromatic heterocycles. The number of benzene rings is 1. The fourth-order valence-electron chi connectivity index (χ4n) is 2.06. The van der Waals surface area contributed by atoms with Gasteiger partial charge in [0.15, 0.2) is 0 Å². The van der Waals surface area contributed by atoms with Gasteiger partial charge in [-0.15, -0.1) is 6.42 Å². The van der Waals surface area contributed by atoms with E-state index in [9.17, 15) is 4.79 Å². The number of esters is 1. The van der Waals surface area contributed by atoms with E-state index in [0.29, 0.717) is 13.2 Å². The maximum Gasteiger partial charge on any atom is 0.330 e. The van der Waals surface area contributed by atoms with Crippen LogP contribution in [-0.4, -0.2) is 19.1 Å². The van der Waals surface area contributed by atoms with Crippen molar-refractivity contribution in [1.29, 1.82) is 0 Å². The van der Waals surface area contributed by atoms with Crippen LogP contribution in [0.1, 0.15) is 30.5 Å². The van der Waals surface area contributed by atoms with Gasteiger partial charge in [0.05, 0.1) is 13.2 Å². The van der Waals surface area contributed by atoms with E-state index >= 15 is 0 Å². The van der Waals surface area contributed by atoms with Crippen molar-refractivity contribution >= 4 is 5.97 Å². The van der Waals surface area contributed by atoms with E-state index < -0.39 is 5.54 Å². The molecule has 0 aliphatic heterocycles. The molecule has 0 amide bonds. The maximum absolute atomic E-state index is 12.2. The Kier molecular flexibility index (Phi) is 5.14. The molecule has 1 rings (SSSR count). The molecule has 0 radical (unpaired) electrons. The molecule has 3 heteroatoms. The summed E-state index contributed by atoms with van der Waals surface area (Å²) in [6, 6.07) is 6.02. The van der Waals surface area contributed by atoms with Gasteiger partial charge in [0.2, 0.25) is 0 Å². The normalized spacial score (nSPS) is 13.4. The molecule has 3 nitrogen and oxygen atoms in total. The Labute approximate surface area is 115 Å². The van der Waals surface area contributed by atoms with Crippen LogP contribution in [0.2, 0.25) is 0 Å². The van der Waals surface area contributed by atoms with E-state index in [1.807, 2.05) is 26.0 Å². The summed E-state index contributed by atoms with van der Waals surface area (Å²) in [4.78, 5) is 12.2. The first kappa shape index (κ1) is 15.3. The van der Waals surface area contributed by atoms with E-state index in [0.717, 1.165) is 16.7 Å². The quantitative estimate of drug-likeness (QED) is 0.651. The summed E-state index contributed by atoms with van der Waals surface area (Å²) in [5.41, 5.74) is 2.17. The molecule has 1 unspecified atom stereocenters. The first-order valence-electron chi connectivity index (χ1n) is 6.38.